The number of rotatable bonds is 11. The van der Waals surface area contributed by atoms with Gasteiger partial charge in [0, 0.05) is 36.2 Å². The molecule has 100 heavy (non-hydrogen) atoms. The number of carboxylic acids is 3. The monoisotopic (exact) mass is 1650 g/mol. The third-order valence-corrected chi connectivity index (χ3v) is 17.0. The number of nitrogens with zero attached hydrogens (tertiary/aromatic N) is 4. The van der Waals surface area contributed by atoms with Crippen molar-refractivity contribution in [2.24, 2.45) is 0 Å². The number of esters is 5. The number of aliphatic carboxylic acids is 2. The summed E-state index contributed by atoms with van der Waals surface area (Å²) in [6.45, 7) is 29.3. The molecule has 8 rings (SSSR count). The fourth-order valence-corrected chi connectivity index (χ4v) is 12.7. The molecule has 0 bridgehead atoms. The number of hydrogen-bond acceptors (Lipinski definition) is 26. The Morgan fingerprint density at radius 2 is 0.720 bits per heavy atom. The van der Waals surface area contributed by atoms with Crippen LogP contribution in [0.5, 0.6) is 0 Å². The van der Waals surface area contributed by atoms with Crippen LogP contribution in [0.1, 0.15) is 145 Å². The van der Waals surface area contributed by atoms with E-state index >= 15 is 0 Å². The van der Waals surface area contributed by atoms with Crippen LogP contribution in [0.3, 0.4) is 0 Å². The van der Waals surface area contributed by atoms with Crippen molar-refractivity contribution in [2.75, 3.05) is 6.61 Å². The van der Waals surface area contributed by atoms with E-state index < -0.39 is 141 Å². The molecule has 8 aromatic rings. The summed E-state index contributed by atoms with van der Waals surface area (Å²) in [5.41, 5.74) is -5.65. The number of carbonyl (C=O) groups excluding carboxylic acids is 5. The number of carbonyl (C=O) groups is 8. The molecule has 0 aliphatic heterocycles. The molecule has 0 aliphatic rings. The van der Waals surface area contributed by atoms with Gasteiger partial charge in [-0.15, -0.1) is 45.3 Å². The average molecular weight is 1650 g/mol. The maximum atomic E-state index is 12.7. The Kier molecular flexibility index (Phi) is 35.1. The van der Waals surface area contributed by atoms with Crippen LogP contribution in [0.25, 0.3) is 40.9 Å². The molecule has 0 unspecified atom stereocenters. The first kappa shape index (κ1) is 92.5. The Morgan fingerprint density at radius 1 is 0.460 bits per heavy atom. The molecule has 0 aliphatic carbocycles. The number of ether oxygens (including phenoxy) is 5. The van der Waals surface area contributed by atoms with E-state index in [-0.39, 0.29) is 99.8 Å². The summed E-state index contributed by atoms with van der Waals surface area (Å²) in [5.74, 6) is -6.06. The Hall–Kier alpha value is -7.50. The number of aromatic amines is 4. The zero-order valence-corrected chi connectivity index (χ0v) is 66.4. The minimum absolute atomic E-state index is 0. The molecular weight excluding hydrogens is 1570 g/mol. The fourth-order valence-electron chi connectivity index (χ4n) is 8.10. The number of halogens is 1. The van der Waals surface area contributed by atoms with Gasteiger partial charge >= 0.3 is 88.1 Å². The number of aromatic nitrogens is 8. The van der Waals surface area contributed by atoms with Crippen molar-refractivity contribution in [3.05, 3.63) is 125 Å². The molecule has 0 atom stereocenters. The van der Waals surface area contributed by atoms with Crippen LogP contribution in [-0.2, 0) is 101 Å². The maximum absolute atomic E-state index is 12.7. The molecule has 0 fully saturated rings. The van der Waals surface area contributed by atoms with Crippen LogP contribution in [-0.4, -0.2) is 136 Å². The molecule has 8 N–H and O–H groups in total. The van der Waals surface area contributed by atoms with E-state index in [4.69, 9.17) is 48.6 Å². The van der Waals surface area contributed by atoms with E-state index in [0.29, 0.717) is 30.6 Å². The van der Waals surface area contributed by atoms with E-state index in [1.54, 1.807) is 116 Å². The van der Waals surface area contributed by atoms with Crippen LogP contribution < -0.4 is 74.6 Å². The van der Waals surface area contributed by atoms with Gasteiger partial charge in [-0.2, -0.15) is 0 Å². The van der Waals surface area contributed by atoms with Crippen molar-refractivity contribution in [1.82, 2.24) is 38.2 Å². The zero-order valence-electron chi connectivity index (χ0n) is 58.1. The molecule has 8 heterocycles. The molecule has 0 amide bonds. The standard InChI is InChI=1S/C16H20N2O6S.C14H16N2O6S.C13H15BrN2O4S.C13H16N2O4S.2C2H4O2.Ag.Na.H2O/c1-6-23-14(21)11-8(2)10-12(25-11)17-15(22)18(13(10)20)7-9(19)24-16(3,4)5;1-6-8-10(23-9(6)12(19)20)15-13(21)16(11(8)18)5-7(17)22-14(2,3)4;1-6-8-10(21-9(6)14)15-12(19)16(11(8)18)5-7(17)20-13(2,3)4;1-7-6-20-10-9(7)11(17)15(12(18)14-10)5-8(16)19-13(2,3)4;2*1-2(3)4;;;/h6-7H2,1-5H3,(H,17,22);5H2,1-4H3,(H,15,21)(H,19,20);5H2,1-4H3,(H,15,19);6H,5H2,1-4H3,(H,14,18);2*1H3,(H,3,4);;;1H2/q;;;;;;;+1;/p-1. The van der Waals surface area contributed by atoms with Gasteiger partial charge in [0.2, 0.25) is 0 Å². The molecule has 0 saturated carbocycles. The normalized spacial score (nSPS) is 10.9. The second-order valence-corrected chi connectivity index (χ2v) is 29.8. The average Bonchev–Trinajstić information content (AvgIpc) is 1.62. The fraction of sp³-hybridized carbons (Fsp3) is 0.467. The summed E-state index contributed by atoms with van der Waals surface area (Å²) in [7, 11) is 0. The second kappa shape index (κ2) is 38.0. The van der Waals surface area contributed by atoms with Crippen molar-refractivity contribution in [3.63, 3.8) is 0 Å². The third-order valence-electron chi connectivity index (χ3n) is 11.5. The van der Waals surface area contributed by atoms with E-state index in [1.807, 2.05) is 0 Å². The molecule has 549 valence electrons. The van der Waals surface area contributed by atoms with Gasteiger partial charge in [0.05, 0.1) is 31.9 Å². The summed E-state index contributed by atoms with van der Waals surface area (Å²) in [6.07, 6.45) is 0. The first-order valence-corrected chi connectivity index (χ1v) is 32.8. The number of hydrogen-bond donors (Lipinski definition) is 7. The van der Waals surface area contributed by atoms with Crippen molar-refractivity contribution < 1.29 is 135 Å². The zero-order chi connectivity index (χ0) is 74.6. The van der Waals surface area contributed by atoms with Crippen LogP contribution in [0, 0.1) is 27.7 Å². The number of nitrogens with one attached hydrogen (secondary N) is 4. The summed E-state index contributed by atoms with van der Waals surface area (Å²) in [6, 6.07) is 0. The van der Waals surface area contributed by atoms with Crippen LogP contribution in [0.15, 0.2) is 47.5 Å². The number of fused-ring (bicyclic) bond motifs is 4. The van der Waals surface area contributed by atoms with Crippen molar-refractivity contribution >= 4 is 150 Å². The summed E-state index contributed by atoms with van der Waals surface area (Å²) in [4.78, 5) is 198. The third kappa shape index (κ3) is 26.8. The Labute approximate surface area is 629 Å². The molecule has 0 aromatic carbocycles. The van der Waals surface area contributed by atoms with E-state index in [9.17, 15) is 67.1 Å². The predicted molar refractivity (Wildman–Crippen MR) is 368 cm³/mol. The van der Waals surface area contributed by atoms with E-state index in [0.717, 1.165) is 65.1 Å². The van der Waals surface area contributed by atoms with Gasteiger partial charge in [-0.3, -0.25) is 67.9 Å². The number of aromatic carboxylic acids is 1. The van der Waals surface area contributed by atoms with Gasteiger partial charge < -0.3 is 44.5 Å². The van der Waals surface area contributed by atoms with E-state index in [2.05, 4.69) is 35.9 Å². The van der Waals surface area contributed by atoms with Crippen LogP contribution in [0.4, 0.5) is 0 Å². The molecular formula is C60H76AgBrN8NaO25S4. The van der Waals surface area contributed by atoms with Crippen molar-refractivity contribution in [1.29, 1.82) is 0 Å². The topological polar surface area (TPSA) is 493 Å². The molecule has 8 aromatic heterocycles. The minimum Gasteiger partial charge on any atom is -0.870 e. The van der Waals surface area contributed by atoms with Gasteiger partial charge in [0.15, 0.2) is 0 Å². The SMILES string of the molecule is CC(=O)O.CC(=O)O.CCOC(=O)c1sc2[nH]c(=O)n(CC(=O)OC(C)(C)C)c(=O)c2c1C.Cc1c(Br)sc2[nH]c(=O)n(CC(=O)OC(C)(C)C)c(=O)c12.Cc1c(C(=O)O)sc2[nH]c(=O)n(CC(=O)OC(C)(C)C)c(=O)c12.Cc1csc2[nH]c(=O)n(CC(=O)OC(C)(C)C)c(=O)c12.[Ag].[Na+].[OH-]. The molecule has 0 saturated heterocycles. The first-order chi connectivity index (χ1) is 44.3. The van der Waals surface area contributed by atoms with E-state index in [1.165, 1.54) is 29.6 Å². The Bertz CT molecular complexity index is 4860. The molecule has 0 spiro atoms. The van der Waals surface area contributed by atoms with Gasteiger partial charge in [-0.25, -0.2) is 47.0 Å². The largest absolute Gasteiger partial charge is 1.00 e. The number of carboxylic acid groups (broad SMARTS) is 3. The predicted octanol–water partition coefficient (Wildman–Crippen LogP) is 3.25. The second-order valence-electron chi connectivity index (χ2n) is 24.5. The van der Waals surface area contributed by atoms with Gasteiger partial charge in [-0.05, 0) is 161 Å². The summed E-state index contributed by atoms with van der Waals surface area (Å²) >= 11 is 7.70. The Balaban J connectivity index is 0.00000125. The first-order valence-electron chi connectivity index (χ1n) is 28.6. The van der Waals surface area contributed by atoms with Gasteiger partial charge in [0.1, 0.15) is 77.7 Å². The van der Waals surface area contributed by atoms with Crippen LogP contribution in [0.2, 0.25) is 0 Å². The van der Waals surface area contributed by atoms with Crippen molar-refractivity contribution in [3.8, 4) is 0 Å². The van der Waals surface area contributed by atoms with Crippen LogP contribution >= 0.6 is 61.3 Å². The maximum Gasteiger partial charge on any atom is 1.00 e. The quantitative estimate of drug-likeness (QED) is 0.0555. The Morgan fingerprint density at radius 3 is 1.01 bits per heavy atom. The number of thiophene rings is 4. The number of H-pyrrole nitrogens is 4. The molecule has 40 heteroatoms. The smallest absolute Gasteiger partial charge is 0.870 e. The molecule has 1 radical (unpaired) electrons. The number of aryl methyl sites for hydroxylation is 4. The summed E-state index contributed by atoms with van der Waals surface area (Å²) < 4.78 is 29.5. The summed E-state index contributed by atoms with van der Waals surface area (Å²) in [5, 5.41) is 26.9. The minimum atomic E-state index is -1.18. The van der Waals surface area contributed by atoms with Gasteiger partial charge in [-0.1, -0.05) is 0 Å². The molecule has 33 nitrogen and oxygen atoms in total. The van der Waals surface area contributed by atoms with Gasteiger partial charge in [0.25, 0.3) is 34.2 Å². The van der Waals surface area contributed by atoms with Crippen molar-refractivity contribution in [2.45, 2.75) is 180 Å².